The summed E-state index contributed by atoms with van der Waals surface area (Å²) in [5.74, 6) is 1.10. The summed E-state index contributed by atoms with van der Waals surface area (Å²) in [7, 11) is 1.38. The highest BCUT2D eigenvalue weighted by atomic mass is 16.5. The van der Waals surface area contributed by atoms with Gasteiger partial charge in [-0.05, 0) is 37.0 Å². The van der Waals surface area contributed by atoms with Gasteiger partial charge in [-0.2, -0.15) is 0 Å². The number of hydrogen-bond donors (Lipinski definition) is 0. The fraction of sp³-hybridized carbons (Fsp3) is 0.471. The number of carbonyl (C=O) groups is 1. The number of benzene rings is 1. The van der Waals surface area contributed by atoms with Crippen LogP contribution in [0.2, 0.25) is 0 Å². The van der Waals surface area contributed by atoms with Crippen molar-refractivity contribution in [1.82, 2.24) is 0 Å². The van der Waals surface area contributed by atoms with Gasteiger partial charge in [0.15, 0.2) is 0 Å². The first-order valence-electron chi connectivity index (χ1n) is 7.22. The number of ether oxygens (including phenoxy) is 2. The summed E-state index contributed by atoms with van der Waals surface area (Å²) in [5.41, 5.74) is 1.36. The Morgan fingerprint density at radius 1 is 1.35 bits per heavy atom. The number of esters is 1. The second kappa shape index (κ2) is 7.13. The summed E-state index contributed by atoms with van der Waals surface area (Å²) in [6, 6.07) is 5.32. The molecule has 0 aliphatic heterocycles. The van der Waals surface area contributed by atoms with Crippen LogP contribution in [-0.2, 0) is 4.74 Å². The van der Waals surface area contributed by atoms with Gasteiger partial charge in [-0.1, -0.05) is 31.9 Å². The van der Waals surface area contributed by atoms with Crippen LogP contribution in [0.5, 0.6) is 5.75 Å². The molecule has 108 valence electrons. The van der Waals surface area contributed by atoms with Crippen molar-refractivity contribution in [2.75, 3.05) is 13.7 Å². The molecule has 1 aliphatic rings. The molecule has 1 aromatic carbocycles. The molecular weight excluding hydrogens is 252 g/mol. The maximum absolute atomic E-state index is 11.5. The Morgan fingerprint density at radius 2 is 2.10 bits per heavy atom. The first kappa shape index (κ1) is 14.6. The zero-order valence-corrected chi connectivity index (χ0v) is 12.1. The maximum Gasteiger partial charge on any atom is 0.337 e. The molecule has 1 aromatic rings. The van der Waals surface area contributed by atoms with Gasteiger partial charge >= 0.3 is 5.97 Å². The molecule has 0 bridgehead atoms. The van der Waals surface area contributed by atoms with Gasteiger partial charge in [-0.3, -0.25) is 0 Å². The Morgan fingerprint density at radius 3 is 2.75 bits per heavy atom. The van der Waals surface area contributed by atoms with E-state index in [1.165, 1.54) is 39.2 Å². The van der Waals surface area contributed by atoms with Crippen LogP contribution in [0.15, 0.2) is 24.8 Å². The van der Waals surface area contributed by atoms with Crippen LogP contribution >= 0.6 is 0 Å². The predicted molar refractivity (Wildman–Crippen MR) is 79.9 cm³/mol. The minimum absolute atomic E-state index is 0.341. The summed E-state index contributed by atoms with van der Waals surface area (Å²) >= 11 is 0. The standard InChI is InChI=1S/C17H22O3/c1-3-14-11-15(17(18)19-2)9-10-16(14)20-12-13-7-5-4-6-8-13/h3,9-11,13H,1,4-8,12H2,2H3. The zero-order chi connectivity index (χ0) is 14.4. The molecule has 0 amide bonds. The van der Waals surface area contributed by atoms with Crippen molar-refractivity contribution in [2.24, 2.45) is 5.92 Å². The fourth-order valence-corrected chi connectivity index (χ4v) is 2.65. The molecule has 0 saturated heterocycles. The molecule has 0 unspecified atom stereocenters. The van der Waals surface area contributed by atoms with E-state index in [9.17, 15) is 4.79 Å². The maximum atomic E-state index is 11.5. The largest absolute Gasteiger partial charge is 0.493 e. The smallest absolute Gasteiger partial charge is 0.337 e. The summed E-state index contributed by atoms with van der Waals surface area (Å²) in [6.45, 7) is 4.53. The number of rotatable bonds is 5. The fourth-order valence-electron chi connectivity index (χ4n) is 2.65. The van der Waals surface area contributed by atoms with Crippen LogP contribution in [-0.4, -0.2) is 19.7 Å². The Labute approximate surface area is 120 Å². The lowest BCUT2D eigenvalue weighted by Gasteiger charge is -2.22. The Balaban J connectivity index is 2.03. The molecule has 3 heteroatoms. The minimum atomic E-state index is -0.341. The summed E-state index contributed by atoms with van der Waals surface area (Å²) in [5, 5.41) is 0. The van der Waals surface area contributed by atoms with Gasteiger partial charge in [0.05, 0.1) is 19.3 Å². The highest BCUT2D eigenvalue weighted by Gasteiger charge is 2.15. The zero-order valence-electron chi connectivity index (χ0n) is 12.1. The van der Waals surface area contributed by atoms with Crippen molar-refractivity contribution >= 4 is 12.0 Å². The Bertz CT molecular complexity index is 473. The van der Waals surface area contributed by atoms with Gasteiger partial charge in [0.25, 0.3) is 0 Å². The molecule has 2 rings (SSSR count). The third-order valence-electron chi connectivity index (χ3n) is 3.85. The molecular formula is C17H22O3. The van der Waals surface area contributed by atoms with Crippen molar-refractivity contribution < 1.29 is 14.3 Å². The van der Waals surface area contributed by atoms with Gasteiger partial charge in [0.2, 0.25) is 0 Å². The molecule has 1 saturated carbocycles. The van der Waals surface area contributed by atoms with Crippen LogP contribution in [0.3, 0.4) is 0 Å². The van der Waals surface area contributed by atoms with E-state index in [1.807, 2.05) is 6.07 Å². The van der Waals surface area contributed by atoms with Crippen molar-refractivity contribution in [1.29, 1.82) is 0 Å². The molecule has 1 fully saturated rings. The number of methoxy groups -OCH3 is 1. The normalized spacial score (nSPS) is 15.7. The van der Waals surface area contributed by atoms with Crippen LogP contribution in [0.4, 0.5) is 0 Å². The van der Waals surface area contributed by atoms with E-state index in [2.05, 4.69) is 6.58 Å². The molecule has 3 nitrogen and oxygen atoms in total. The van der Waals surface area contributed by atoms with Crippen LogP contribution in [0.25, 0.3) is 6.08 Å². The van der Waals surface area contributed by atoms with Gasteiger partial charge in [0.1, 0.15) is 5.75 Å². The van der Waals surface area contributed by atoms with Gasteiger partial charge in [0, 0.05) is 5.56 Å². The van der Waals surface area contributed by atoms with Crippen LogP contribution in [0, 0.1) is 5.92 Å². The van der Waals surface area contributed by atoms with Crippen LogP contribution < -0.4 is 4.74 Å². The SMILES string of the molecule is C=Cc1cc(C(=O)OC)ccc1OCC1CCCCC1. The first-order valence-corrected chi connectivity index (χ1v) is 7.22. The summed E-state index contributed by atoms with van der Waals surface area (Å²) in [4.78, 5) is 11.5. The van der Waals surface area contributed by atoms with E-state index < -0.39 is 0 Å². The highest BCUT2D eigenvalue weighted by molar-refractivity contribution is 5.90. The quantitative estimate of drug-likeness (QED) is 0.759. The Kier molecular flexibility index (Phi) is 5.22. The lowest BCUT2D eigenvalue weighted by atomic mass is 9.90. The molecule has 0 heterocycles. The van der Waals surface area contributed by atoms with Crippen molar-refractivity contribution in [3.8, 4) is 5.75 Å². The summed E-state index contributed by atoms with van der Waals surface area (Å²) < 4.78 is 10.6. The molecule has 1 aliphatic carbocycles. The van der Waals surface area contributed by atoms with E-state index in [1.54, 1.807) is 18.2 Å². The number of hydrogen-bond acceptors (Lipinski definition) is 3. The average molecular weight is 274 g/mol. The lowest BCUT2D eigenvalue weighted by Crippen LogP contribution is -2.15. The first-order chi connectivity index (χ1) is 9.74. The molecule has 0 spiro atoms. The molecule has 0 aromatic heterocycles. The minimum Gasteiger partial charge on any atom is -0.493 e. The predicted octanol–water partition coefficient (Wildman–Crippen LogP) is 4.08. The third kappa shape index (κ3) is 3.62. The molecule has 0 atom stereocenters. The van der Waals surface area contributed by atoms with Crippen LogP contribution in [0.1, 0.15) is 48.0 Å². The number of carbonyl (C=O) groups excluding carboxylic acids is 1. The van der Waals surface area contributed by atoms with E-state index in [0.717, 1.165) is 17.9 Å². The highest BCUT2D eigenvalue weighted by Crippen LogP contribution is 2.27. The van der Waals surface area contributed by atoms with Crippen molar-refractivity contribution in [2.45, 2.75) is 32.1 Å². The van der Waals surface area contributed by atoms with E-state index in [-0.39, 0.29) is 5.97 Å². The Hall–Kier alpha value is -1.77. The van der Waals surface area contributed by atoms with E-state index in [0.29, 0.717) is 11.5 Å². The topological polar surface area (TPSA) is 35.5 Å². The van der Waals surface area contributed by atoms with Gasteiger partial charge < -0.3 is 9.47 Å². The van der Waals surface area contributed by atoms with Gasteiger partial charge in [-0.25, -0.2) is 4.79 Å². The third-order valence-corrected chi connectivity index (χ3v) is 3.85. The summed E-state index contributed by atoms with van der Waals surface area (Å²) in [6.07, 6.45) is 8.19. The lowest BCUT2D eigenvalue weighted by molar-refractivity contribution is 0.0600. The molecule has 0 radical (unpaired) electrons. The van der Waals surface area contributed by atoms with Crippen molar-refractivity contribution in [3.63, 3.8) is 0 Å². The monoisotopic (exact) mass is 274 g/mol. The average Bonchev–Trinajstić information content (AvgIpc) is 2.53. The molecule has 0 N–H and O–H groups in total. The second-order valence-corrected chi connectivity index (χ2v) is 5.26. The van der Waals surface area contributed by atoms with E-state index >= 15 is 0 Å². The molecule has 20 heavy (non-hydrogen) atoms. The second-order valence-electron chi connectivity index (χ2n) is 5.26. The van der Waals surface area contributed by atoms with Crippen molar-refractivity contribution in [3.05, 3.63) is 35.9 Å². The van der Waals surface area contributed by atoms with E-state index in [4.69, 9.17) is 9.47 Å². The van der Waals surface area contributed by atoms with Gasteiger partial charge in [-0.15, -0.1) is 0 Å².